The van der Waals surface area contributed by atoms with Gasteiger partial charge in [-0.1, -0.05) is 70.4 Å². The van der Waals surface area contributed by atoms with E-state index in [1.165, 1.54) is 64.2 Å². The Morgan fingerprint density at radius 1 is 0.818 bits per heavy atom. The summed E-state index contributed by atoms with van der Waals surface area (Å²) in [6.45, 7) is 2.26. The second-order valence-corrected chi connectivity index (χ2v) is 6.26. The van der Waals surface area contributed by atoms with Crippen LogP contribution in [0.4, 0.5) is 0 Å². The number of carbonyl (C=O) groups excluding carboxylic acids is 1. The Kier molecular flexibility index (Phi) is 17.8. The summed E-state index contributed by atoms with van der Waals surface area (Å²) < 4.78 is 14.5. The molecule has 0 aliphatic carbocycles. The minimum absolute atomic E-state index is 0.342. The van der Waals surface area contributed by atoms with E-state index in [0.29, 0.717) is 6.42 Å². The Hall–Kier alpha value is -0.690. The van der Waals surface area contributed by atoms with Crippen LogP contribution in [0.3, 0.4) is 0 Å². The van der Waals surface area contributed by atoms with Crippen molar-refractivity contribution in [1.29, 1.82) is 0 Å². The van der Waals surface area contributed by atoms with Gasteiger partial charge in [0.05, 0.1) is 6.42 Å². The number of hydrogen-bond donors (Lipinski definition) is 0. The van der Waals surface area contributed by atoms with E-state index < -0.39 is 8.69 Å². The maximum atomic E-state index is 11.0. The predicted molar refractivity (Wildman–Crippen MR) is 94.5 cm³/mol. The van der Waals surface area contributed by atoms with Crippen molar-refractivity contribution in [2.45, 2.75) is 96.8 Å². The molecule has 0 rings (SSSR count). The standard InChI is InChI=1S/C18H34O3P/c1-2-3-4-5-6-7-8-9-10-11-12-13-14-15-16-17-18(19)21-22-20/h9-10,22H,2-8,11-17H2,1H3/q+1. The first-order valence-electron chi connectivity index (χ1n) is 9.03. The van der Waals surface area contributed by atoms with Crippen LogP contribution >= 0.6 is 8.69 Å². The highest BCUT2D eigenvalue weighted by Gasteiger charge is 2.06. The zero-order chi connectivity index (χ0) is 16.3. The van der Waals surface area contributed by atoms with E-state index in [4.69, 9.17) is 0 Å². The molecular weight excluding hydrogens is 295 g/mol. The van der Waals surface area contributed by atoms with Crippen molar-refractivity contribution in [2.75, 3.05) is 0 Å². The van der Waals surface area contributed by atoms with Crippen molar-refractivity contribution in [3.05, 3.63) is 12.2 Å². The van der Waals surface area contributed by atoms with E-state index in [-0.39, 0.29) is 5.97 Å². The van der Waals surface area contributed by atoms with E-state index in [0.717, 1.165) is 19.3 Å². The molecule has 0 aliphatic heterocycles. The second kappa shape index (κ2) is 18.4. The Balaban J connectivity index is 3.14. The Morgan fingerprint density at radius 3 is 1.86 bits per heavy atom. The van der Waals surface area contributed by atoms with Gasteiger partial charge in [-0.2, -0.15) is 0 Å². The van der Waals surface area contributed by atoms with Crippen LogP contribution in [-0.4, -0.2) is 5.97 Å². The lowest BCUT2D eigenvalue weighted by molar-refractivity contribution is -0.133. The zero-order valence-electron chi connectivity index (χ0n) is 14.3. The van der Waals surface area contributed by atoms with Gasteiger partial charge in [0.15, 0.2) is 0 Å². The van der Waals surface area contributed by atoms with E-state index >= 15 is 0 Å². The quantitative estimate of drug-likeness (QED) is 0.184. The van der Waals surface area contributed by atoms with Gasteiger partial charge in [-0.3, -0.25) is 0 Å². The fourth-order valence-electron chi connectivity index (χ4n) is 2.44. The molecule has 0 aromatic carbocycles. The molecule has 0 spiro atoms. The highest BCUT2D eigenvalue weighted by molar-refractivity contribution is 7.18. The molecule has 1 atom stereocenters. The van der Waals surface area contributed by atoms with Crippen LogP contribution < -0.4 is 0 Å². The van der Waals surface area contributed by atoms with Gasteiger partial charge in [0.2, 0.25) is 0 Å². The van der Waals surface area contributed by atoms with Gasteiger partial charge < -0.3 is 0 Å². The first kappa shape index (κ1) is 21.3. The number of hydrogen-bond acceptors (Lipinski definition) is 3. The predicted octanol–water partition coefficient (Wildman–Crippen LogP) is 6.51. The van der Waals surface area contributed by atoms with Crippen LogP contribution in [0.2, 0.25) is 0 Å². The van der Waals surface area contributed by atoms with Crippen LogP contribution in [0.1, 0.15) is 96.8 Å². The molecule has 0 bridgehead atoms. The normalized spacial score (nSPS) is 11.3. The Morgan fingerprint density at radius 2 is 1.32 bits per heavy atom. The summed E-state index contributed by atoms with van der Waals surface area (Å²) in [5, 5.41) is 0. The van der Waals surface area contributed by atoms with Crippen LogP contribution in [0.5, 0.6) is 0 Å². The summed E-state index contributed by atoms with van der Waals surface area (Å²) in [6, 6.07) is 0. The minimum Gasteiger partial charge on any atom is -0.247 e. The third kappa shape index (κ3) is 17.4. The lowest BCUT2D eigenvalue weighted by atomic mass is 10.1. The molecular formula is C18H34O3P+. The third-order valence-electron chi connectivity index (χ3n) is 3.80. The Bertz CT molecular complexity index is 290. The highest BCUT2D eigenvalue weighted by atomic mass is 31.1. The molecule has 0 amide bonds. The van der Waals surface area contributed by atoms with Gasteiger partial charge in [-0.15, -0.1) is 0 Å². The maximum absolute atomic E-state index is 11.0. The molecule has 0 aromatic heterocycles. The Labute approximate surface area is 138 Å². The minimum atomic E-state index is -0.958. The van der Waals surface area contributed by atoms with E-state index in [1.807, 2.05) is 0 Å². The second-order valence-electron chi connectivity index (χ2n) is 5.89. The van der Waals surface area contributed by atoms with Crippen molar-refractivity contribution < 1.29 is 13.9 Å². The molecule has 3 nitrogen and oxygen atoms in total. The molecule has 0 saturated heterocycles. The van der Waals surface area contributed by atoms with Crippen LogP contribution in [0, 0.1) is 0 Å². The first-order valence-corrected chi connectivity index (χ1v) is 9.84. The number of allylic oxidation sites excluding steroid dienone is 2. The lowest BCUT2D eigenvalue weighted by Crippen LogP contribution is -1.95. The monoisotopic (exact) mass is 329 g/mol. The molecule has 1 unspecified atom stereocenters. The molecule has 22 heavy (non-hydrogen) atoms. The zero-order valence-corrected chi connectivity index (χ0v) is 15.3. The average Bonchev–Trinajstić information content (AvgIpc) is 2.51. The van der Waals surface area contributed by atoms with E-state index in [9.17, 15) is 9.36 Å². The van der Waals surface area contributed by atoms with E-state index in [2.05, 4.69) is 23.6 Å². The van der Waals surface area contributed by atoms with Crippen LogP contribution in [-0.2, 0) is 13.9 Å². The fourth-order valence-corrected chi connectivity index (χ4v) is 2.63. The molecule has 0 heterocycles. The van der Waals surface area contributed by atoms with Crippen molar-refractivity contribution in [2.24, 2.45) is 0 Å². The lowest BCUT2D eigenvalue weighted by Gasteiger charge is -1.99. The number of unbranched alkanes of at least 4 members (excludes halogenated alkanes) is 11. The molecule has 0 radical (unpaired) electrons. The molecule has 0 N–H and O–H groups in total. The first-order chi connectivity index (χ1) is 10.8. The van der Waals surface area contributed by atoms with E-state index in [1.54, 1.807) is 0 Å². The summed E-state index contributed by atoms with van der Waals surface area (Å²) in [4.78, 5) is 11.0. The van der Waals surface area contributed by atoms with Gasteiger partial charge in [0.1, 0.15) is 0 Å². The maximum Gasteiger partial charge on any atom is 0.545 e. The SMILES string of the molecule is CCCCCCCCC=CCCCCCCCC(=O)O[PH+]=O. The summed E-state index contributed by atoms with van der Waals surface area (Å²) in [6.07, 6.45) is 21.2. The van der Waals surface area contributed by atoms with Crippen molar-refractivity contribution >= 4 is 14.7 Å². The molecule has 4 heteroatoms. The van der Waals surface area contributed by atoms with Gasteiger partial charge in [0.25, 0.3) is 0 Å². The molecule has 0 saturated carbocycles. The largest absolute Gasteiger partial charge is 0.545 e. The highest BCUT2D eigenvalue weighted by Crippen LogP contribution is 2.10. The average molecular weight is 329 g/mol. The van der Waals surface area contributed by atoms with Gasteiger partial charge in [0, 0.05) is 0 Å². The number of carbonyl (C=O) groups is 1. The van der Waals surface area contributed by atoms with Gasteiger partial charge in [-0.05, 0) is 36.7 Å². The number of rotatable bonds is 16. The summed E-state index contributed by atoms with van der Waals surface area (Å²) in [5.41, 5.74) is 0. The third-order valence-corrected chi connectivity index (χ3v) is 4.11. The summed E-state index contributed by atoms with van der Waals surface area (Å²) in [7, 11) is -0.958. The van der Waals surface area contributed by atoms with Gasteiger partial charge >= 0.3 is 14.7 Å². The van der Waals surface area contributed by atoms with Crippen molar-refractivity contribution in [3.63, 3.8) is 0 Å². The molecule has 0 aromatic rings. The summed E-state index contributed by atoms with van der Waals surface area (Å²) in [5.74, 6) is -0.342. The van der Waals surface area contributed by atoms with Crippen molar-refractivity contribution in [1.82, 2.24) is 0 Å². The van der Waals surface area contributed by atoms with Crippen LogP contribution in [0.25, 0.3) is 0 Å². The fraction of sp³-hybridized carbons (Fsp3) is 0.833. The smallest absolute Gasteiger partial charge is 0.247 e. The molecule has 0 fully saturated rings. The topological polar surface area (TPSA) is 43.4 Å². The van der Waals surface area contributed by atoms with Crippen LogP contribution in [0.15, 0.2) is 12.2 Å². The molecule has 128 valence electrons. The summed E-state index contributed by atoms with van der Waals surface area (Å²) >= 11 is 0. The van der Waals surface area contributed by atoms with Gasteiger partial charge in [-0.25, -0.2) is 9.32 Å². The molecule has 0 aliphatic rings. The van der Waals surface area contributed by atoms with Crippen molar-refractivity contribution in [3.8, 4) is 0 Å².